The molecule has 0 amide bonds. The Hall–Kier alpha value is -0.0800. The molecule has 0 radical (unpaired) electrons. The van der Waals surface area contributed by atoms with Crippen molar-refractivity contribution in [3.8, 4) is 0 Å². The van der Waals surface area contributed by atoms with E-state index in [1.54, 1.807) is 13.8 Å². The van der Waals surface area contributed by atoms with Crippen LogP contribution in [0.1, 0.15) is 40.5 Å². The maximum Gasteiger partial charge on any atom is 0.0905 e. The Morgan fingerprint density at radius 3 is 1.58 bits per heavy atom. The Morgan fingerprint density at radius 2 is 1.42 bits per heavy atom. The molecule has 0 aliphatic heterocycles. The second kappa shape index (κ2) is 2.71. The number of hydrogen-bond acceptors (Lipinski definition) is 2. The zero-order chi connectivity index (χ0) is 9.57. The number of aliphatic hydroxyl groups is 2. The zero-order valence-corrected chi connectivity index (χ0v) is 8.46. The third kappa shape index (κ3) is 1.50. The number of rotatable bonds is 1. The van der Waals surface area contributed by atoms with E-state index >= 15 is 0 Å². The largest absolute Gasteiger partial charge is 0.387 e. The Kier molecular flexibility index (Phi) is 2.26. The topological polar surface area (TPSA) is 40.5 Å². The standard InChI is InChI=1S/C10H20O2/c1-7(2)8-5-9(3,11)10(4,12)6-8/h7-8,11-12H,5-6H2,1-4H3. The minimum atomic E-state index is -0.901. The molecule has 1 rings (SSSR count). The van der Waals surface area contributed by atoms with E-state index in [-0.39, 0.29) is 0 Å². The van der Waals surface area contributed by atoms with Gasteiger partial charge in [0.05, 0.1) is 11.2 Å². The lowest BCUT2D eigenvalue weighted by molar-refractivity contribution is -0.107. The van der Waals surface area contributed by atoms with Crippen molar-refractivity contribution in [1.82, 2.24) is 0 Å². The fourth-order valence-corrected chi connectivity index (χ4v) is 2.00. The molecule has 2 heteroatoms. The van der Waals surface area contributed by atoms with Gasteiger partial charge in [-0.3, -0.25) is 0 Å². The molecule has 1 aliphatic rings. The third-order valence-electron chi connectivity index (χ3n) is 3.42. The first-order valence-electron chi connectivity index (χ1n) is 4.71. The van der Waals surface area contributed by atoms with Crippen LogP contribution in [0.25, 0.3) is 0 Å². The van der Waals surface area contributed by atoms with Crippen molar-refractivity contribution in [3.63, 3.8) is 0 Å². The molecule has 72 valence electrons. The van der Waals surface area contributed by atoms with Gasteiger partial charge in [-0.1, -0.05) is 13.8 Å². The Labute approximate surface area is 74.6 Å². The van der Waals surface area contributed by atoms with Crippen LogP contribution < -0.4 is 0 Å². The van der Waals surface area contributed by atoms with Crippen molar-refractivity contribution in [2.75, 3.05) is 0 Å². The summed E-state index contributed by atoms with van der Waals surface area (Å²) in [6.07, 6.45) is 1.44. The zero-order valence-electron chi connectivity index (χ0n) is 8.46. The lowest BCUT2D eigenvalue weighted by Gasteiger charge is -2.31. The molecule has 1 fully saturated rings. The van der Waals surface area contributed by atoms with E-state index in [9.17, 15) is 10.2 Å². The molecule has 2 N–H and O–H groups in total. The molecule has 12 heavy (non-hydrogen) atoms. The molecule has 1 aliphatic carbocycles. The predicted molar refractivity (Wildman–Crippen MR) is 48.8 cm³/mol. The second-order valence-corrected chi connectivity index (χ2v) is 4.96. The maximum absolute atomic E-state index is 9.89. The van der Waals surface area contributed by atoms with E-state index in [1.807, 2.05) is 0 Å². The maximum atomic E-state index is 9.89. The van der Waals surface area contributed by atoms with Gasteiger partial charge in [0.1, 0.15) is 0 Å². The summed E-state index contributed by atoms with van der Waals surface area (Å²) in [7, 11) is 0. The van der Waals surface area contributed by atoms with Gasteiger partial charge in [-0.05, 0) is 38.5 Å². The molecule has 0 heterocycles. The molecule has 0 saturated heterocycles. The summed E-state index contributed by atoms with van der Waals surface area (Å²) in [4.78, 5) is 0. The quantitative estimate of drug-likeness (QED) is 0.630. The lowest BCUT2D eigenvalue weighted by Crippen LogP contribution is -2.44. The highest BCUT2D eigenvalue weighted by Gasteiger charge is 2.50. The highest BCUT2D eigenvalue weighted by molar-refractivity contribution is 5.03. The smallest absolute Gasteiger partial charge is 0.0905 e. The number of hydrogen-bond donors (Lipinski definition) is 2. The van der Waals surface area contributed by atoms with E-state index < -0.39 is 11.2 Å². The van der Waals surface area contributed by atoms with Crippen molar-refractivity contribution in [3.05, 3.63) is 0 Å². The Morgan fingerprint density at radius 1 is 1.08 bits per heavy atom. The van der Waals surface area contributed by atoms with Gasteiger partial charge in [0.2, 0.25) is 0 Å². The Balaban J connectivity index is 2.74. The lowest BCUT2D eigenvalue weighted by atomic mass is 9.90. The SMILES string of the molecule is CC(C)C1CC(C)(O)C(C)(O)C1. The average molecular weight is 172 g/mol. The summed E-state index contributed by atoms with van der Waals surface area (Å²) in [5.74, 6) is 1.00. The highest BCUT2D eigenvalue weighted by Crippen LogP contribution is 2.45. The van der Waals surface area contributed by atoms with Crippen LogP contribution in [0.4, 0.5) is 0 Å². The molecule has 0 bridgehead atoms. The van der Waals surface area contributed by atoms with Crippen LogP contribution in [-0.4, -0.2) is 21.4 Å². The molecular weight excluding hydrogens is 152 g/mol. The van der Waals surface area contributed by atoms with Crippen LogP contribution in [-0.2, 0) is 0 Å². The summed E-state index contributed by atoms with van der Waals surface area (Å²) in [5.41, 5.74) is -1.80. The van der Waals surface area contributed by atoms with E-state index in [0.29, 0.717) is 11.8 Å². The first-order valence-corrected chi connectivity index (χ1v) is 4.71. The van der Waals surface area contributed by atoms with Crippen LogP contribution >= 0.6 is 0 Å². The van der Waals surface area contributed by atoms with E-state index in [4.69, 9.17) is 0 Å². The average Bonchev–Trinajstić information content (AvgIpc) is 2.03. The molecule has 0 spiro atoms. The second-order valence-electron chi connectivity index (χ2n) is 4.96. The molecular formula is C10H20O2. The van der Waals surface area contributed by atoms with E-state index in [2.05, 4.69) is 13.8 Å². The van der Waals surface area contributed by atoms with Crippen LogP contribution in [0.15, 0.2) is 0 Å². The highest BCUT2D eigenvalue weighted by atomic mass is 16.4. The molecule has 2 atom stereocenters. The summed E-state index contributed by atoms with van der Waals surface area (Å²) < 4.78 is 0. The van der Waals surface area contributed by atoms with Gasteiger partial charge in [0, 0.05) is 0 Å². The van der Waals surface area contributed by atoms with Gasteiger partial charge in [-0.15, -0.1) is 0 Å². The molecule has 1 saturated carbocycles. The predicted octanol–water partition coefficient (Wildman–Crippen LogP) is 1.55. The van der Waals surface area contributed by atoms with Gasteiger partial charge in [-0.25, -0.2) is 0 Å². The minimum absolute atomic E-state index is 0.454. The van der Waals surface area contributed by atoms with Gasteiger partial charge < -0.3 is 10.2 Å². The van der Waals surface area contributed by atoms with E-state index in [1.165, 1.54) is 0 Å². The fraction of sp³-hybridized carbons (Fsp3) is 1.00. The summed E-state index contributed by atoms with van der Waals surface area (Å²) in [5, 5.41) is 19.8. The van der Waals surface area contributed by atoms with Crippen molar-refractivity contribution >= 4 is 0 Å². The summed E-state index contributed by atoms with van der Waals surface area (Å²) in [6.45, 7) is 7.75. The minimum Gasteiger partial charge on any atom is -0.387 e. The van der Waals surface area contributed by atoms with Gasteiger partial charge >= 0.3 is 0 Å². The normalized spacial score (nSPS) is 48.8. The van der Waals surface area contributed by atoms with Crippen molar-refractivity contribution < 1.29 is 10.2 Å². The molecule has 0 aromatic rings. The van der Waals surface area contributed by atoms with Crippen LogP contribution in [0.5, 0.6) is 0 Å². The Bertz CT molecular complexity index is 155. The summed E-state index contributed by atoms with van der Waals surface area (Å²) in [6, 6.07) is 0. The molecule has 0 aromatic heterocycles. The van der Waals surface area contributed by atoms with Gasteiger partial charge in [0.15, 0.2) is 0 Å². The van der Waals surface area contributed by atoms with Crippen LogP contribution in [0.2, 0.25) is 0 Å². The van der Waals surface area contributed by atoms with Crippen molar-refractivity contribution in [2.24, 2.45) is 11.8 Å². The van der Waals surface area contributed by atoms with Gasteiger partial charge in [0.25, 0.3) is 0 Å². The summed E-state index contributed by atoms with van der Waals surface area (Å²) >= 11 is 0. The third-order valence-corrected chi connectivity index (χ3v) is 3.42. The first kappa shape index (κ1) is 10.0. The molecule has 2 nitrogen and oxygen atoms in total. The van der Waals surface area contributed by atoms with Crippen LogP contribution in [0, 0.1) is 11.8 Å². The van der Waals surface area contributed by atoms with E-state index in [0.717, 1.165) is 12.8 Å². The van der Waals surface area contributed by atoms with Crippen molar-refractivity contribution in [2.45, 2.75) is 51.7 Å². The molecule has 0 aromatic carbocycles. The van der Waals surface area contributed by atoms with Crippen molar-refractivity contribution in [1.29, 1.82) is 0 Å². The van der Waals surface area contributed by atoms with Crippen LogP contribution in [0.3, 0.4) is 0 Å². The molecule has 2 unspecified atom stereocenters. The first-order chi connectivity index (χ1) is 5.26. The fourth-order valence-electron chi connectivity index (χ4n) is 2.00. The monoisotopic (exact) mass is 172 g/mol. The van der Waals surface area contributed by atoms with Gasteiger partial charge in [-0.2, -0.15) is 0 Å².